The number of rotatable bonds is 3. The summed E-state index contributed by atoms with van der Waals surface area (Å²) in [6.45, 7) is 7.45. The van der Waals surface area contributed by atoms with Gasteiger partial charge in [-0.25, -0.2) is 9.97 Å². The highest BCUT2D eigenvalue weighted by Crippen LogP contribution is 2.31. The van der Waals surface area contributed by atoms with Crippen molar-refractivity contribution in [1.82, 2.24) is 9.97 Å². The van der Waals surface area contributed by atoms with Gasteiger partial charge in [-0.3, -0.25) is 4.99 Å². The number of anilines is 1. The second kappa shape index (κ2) is 6.47. The van der Waals surface area contributed by atoms with Crippen molar-refractivity contribution in [2.24, 2.45) is 16.8 Å². The minimum atomic E-state index is 0.646. The molecule has 0 aliphatic carbocycles. The maximum absolute atomic E-state index is 5.47. The monoisotopic (exact) mass is 336 g/mol. The van der Waals surface area contributed by atoms with E-state index in [1.165, 1.54) is 12.0 Å². The summed E-state index contributed by atoms with van der Waals surface area (Å²) in [5.41, 5.74) is 4.23. The average molecular weight is 336 g/mol. The summed E-state index contributed by atoms with van der Waals surface area (Å²) in [5.74, 6) is 3.08. The molecule has 5 nitrogen and oxygen atoms in total. The molecule has 4 heterocycles. The highest BCUT2D eigenvalue weighted by atomic mass is 16.5. The maximum atomic E-state index is 5.47. The zero-order valence-electron chi connectivity index (χ0n) is 15.1. The number of pyridine rings is 2. The van der Waals surface area contributed by atoms with Gasteiger partial charge in [-0.05, 0) is 42.0 Å². The number of aliphatic imine (C=N–C) groups is 1. The van der Waals surface area contributed by atoms with Gasteiger partial charge in [0.2, 0.25) is 5.88 Å². The summed E-state index contributed by atoms with van der Waals surface area (Å²) in [7, 11) is 1.66. The van der Waals surface area contributed by atoms with Gasteiger partial charge in [-0.15, -0.1) is 0 Å². The number of hydrogen-bond acceptors (Lipinski definition) is 5. The molecule has 0 bridgehead atoms. The van der Waals surface area contributed by atoms with Gasteiger partial charge in [0, 0.05) is 31.0 Å². The average Bonchev–Trinajstić information content (AvgIpc) is 3.05. The van der Waals surface area contributed by atoms with E-state index in [1.807, 2.05) is 18.3 Å². The summed E-state index contributed by atoms with van der Waals surface area (Å²) in [6, 6.07) is 6.20. The molecule has 0 radical (unpaired) electrons. The lowest BCUT2D eigenvalue weighted by Crippen LogP contribution is -2.39. The van der Waals surface area contributed by atoms with Crippen molar-refractivity contribution in [3.05, 3.63) is 47.3 Å². The van der Waals surface area contributed by atoms with Crippen molar-refractivity contribution in [3.63, 3.8) is 0 Å². The fraction of sp³-hybridized carbons (Fsp3) is 0.450. The van der Waals surface area contributed by atoms with Gasteiger partial charge in [0.05, 0.1) is 24.9 Å². The van der Waals surface area contributed by atoms with Gasteiger partial charge < -0.3 is 9.64 Å². The molecular weight excluding hydrogens is 312 g/mol. The first-order valence-electron chi connectivity index (χ1n) is 8.93. The molecule has 2 aromatic heterocycles. The van der Waals surface area contributed by atoms with E-state index in [0.29, 0.717) is 24.3 Å². The van der Waals surface area contributed by atoms with E-state index < -0.39 is 0 Å². The fourth-order valence-electron chi connectivity index (χ4n) is 4.09. The van der Waals surface area contributed by atoms with Gasteiger partial charge in [-0.2, -0.15) is 0 Å². The van der Waals surface area contributed by atoms with Crippen LogP contribution in [0.25, 0.3) is 0 Å². The van der Waals surface area contributed by atoms with E-state index in [0.717, 1.165) is 35.7 Å². The third-order valence-electron chi connectivity index (χ3n) is 5.05. The molecule has 2 aliphatic heterocycles. The molecule has 2 unspecified atom stereocenters. The lowest BCUT2D eigenvalue weighted by atomic mass is 9.92. The molecule has 1 fully saturated rings. The molecule has 2 atom stereocenters. The Balaban J connectivity index is 1.68. The molecule has 0 N–H and O–H groups in total. The third-order valence-corrected chi connectivity index (χ3v) is 5.05. The summed E-state index contributed by atoms with van der Waals surface area (Å²) >= 11 is 0. The number of nitrogens with zero attached hydrogens (tertiary/aromatic N) is 4. The van der Waals surface area contributed by atoms with Gasteiger partial charge >= 0.3 is 0 Å². The predicted octanol–water partition coefficient (Wildman–Crippen LogP) is 3.32. The number of ether oxygens (including phenoxy) is 1. The van der Waals surface area contributed by atoms with Crippen molar-refractivity contribution in [2.45, 2.75) is 26.8 Å². The van der Waals surface area contributed by atoms with E-state index in [4.69, 9.17) is 9.73 Å². The molecule has 0 amide bonds. The smallest absolute Gasteiger partial charge is 0.222 e. The molecule has 4 rings (SSSR count). The summed E-state index contributed by atoms with van der Waals surface area (Å²) in [5, 5.41) is 0. The van der Waals surface area contributed by atoms with Gasteiger partial charge in [0.15, 0.2) is 0 Å². The number of aromatic nitrogens is 2. The molecule has 5 heteroatoms. The topological polar surface area (TPSA) is 50.6 Å². The highest BCUT2D eigenvalue weighted by Gasteiger charge is 2.25. The van der Waals surface area contributed by atoms with Gasteiger partial charge in [0.25, 0.3) is 0 Å². The predicted molar refractivity (Wildman–Crippen MR) is 99.5 cm³/mol. The molecule has 25 heavy (non-hydrogen) atoms. The Morgan fingerprint density at radius 2 is 1.84 bits per heavy atom. The lowest BCUT2D eigenvalue weighted by Gasteiger charge is -2.35. The molecule has 2 aromatic rings. The van der Waals surface area contributed by atoms with Crippen LogP contribution in [0.1, 0.15) is 37.0 Å². The van der Waals surface area contributed by atoms with Crippen LogP contribution < -0.4 is 9.64 Å². The van der Waals surface area contributed by atoms with Crippen LogP contribution >= 0.6 is 0 Å². The fourth-order valence-corrected chi connectivity index (χ4v) is 4.09. The van der Waals surface area contributed by atoms with Crippen molar-refractivity contribution in [3.8, 4) is 5.88 Å². The third kappa shape index (κ3) is 2.99. The van der Waals surface area contributed by atoms with E-state index >= 15 is 0 Å². The Kier molecular flexibility index (Phi) is 4.15. The quantitative estimate of drug-likeness (QED) is 0.863. The summed E-state index contributed by atoms with van der Waals surface area (Å²) in [4.78, 5) is 16.1. The van der Waals surface area contributed by atoms with Crippen LogP contribution in [0, 0.1) is 11.8 Å². The van der Waals surface area contributed by atoms with E-state index in [1.54, 1.807) is 13.3 Å². The normalized spacial score (nSPS) is 22.5. The zero-order valence-corrected chi connectivity index (χ0v) is 15.1. The highest BCUT2D eigenvalue weighted by molar-refractivity contribution is 6.16. The molecule has 1 saturated heterocycles. The first-order chi connectivity index (χ1) is 12.2. The van der Waals surface area contributed by atoms with Crippen LogP contribution in [0.15, 0.2) is 35.6 Å². The van der Waals surface area contributed by atoms with Gasteiger partial charge in [0.1, 0.15) is 5.82 Å². The minimum Gasteiger partial charge on any atom is -0.480 e. The Morgan fingerprint density at radius 1 is 1.08 bits per heavy atom. The Morgan fingerprint density at radius 3 is 2.60 bits per heavy atom. The summed E-state index contributed by atoms with van der Waals surface area (Å²) in [6.07, 6.45) is 4.96. The van der Waals surface area contributed by atoms with Crippen LogP contribution in [0.4, 0.5) is 5.82 Å². The first-order valence-corrected chi connectivity index (χ1v) is 8.93. The van der Waals surface area contributed by atoms with Crippen molar-refractivity contribution in [2.75, 3.05) is 25.1 Å². The first kappa shape index (κ1) is 16.1. The maximum Gasteiger partial charge on any atom is 0.222 e. The summed E-state index contributed by atoms with van der Waals surface area (Å²) < 4.78 is 5.47. The Labute approximate surface area is 148 Å². The molecule has 2 aliphatic rings. The molecule has 0 spiro atoms. The second-order valence-corrected chi connectivity index (χ2v) is 7.27. The minimum absolute atomic E-state index is 0.646. The number of piperidine rings is 1. The van der Waals surface area contributed by atoms with Crippen LogP contribution in [-0.4, -0.2) is 35.9 Å². The number of methoxy groups -OCH3 is 1. The van der Waals surface area contributed by atoms with Crippen molar-refractivity contribution in [1.29, 1.82) is 0 Å². The molecule has 0 saturated carbocycles. The van der Waals surface area contributed by atoms with E-state index in [9.17, 15) is 0 Å². The lowest BCUT2D eigenvalue weighted by molar-refractivity contribution is 0.355. The number of fused-ring (bicyclic) bond motifs is 1. The van der Waals surface area contributed by atoms with E-state index in [-0.39, 0.29) is 0 Å². The van der Waals surface area contributed by atoms with Crippen LogP contribution in [-0.2, 0) is 6.54 Å². The molecule has 0 aromatic carbocycles. The second-order valence-electron chi connectivity index (χ2n) is 7.27. The zero-order chi connectivity index (χ0) is 17.4. The standard InChI is InChI=1S/C20H24N4O/c1-13-8-14(2)12-24(11-13)17-9-15(4-6-21-17)19-18-16(10-23-19)5-7-22-20(18)25-3/h4-7,9,13-14H,8,10-12H2,1-3H3. The molecule has 130 valence electrons. The van der Waals surface area contributed by atoms with Crippen LogP contribution in [0.5, 0.6) is 5.88 Å². The largest absolute Gasteiger partial charge is 0.480 e. The van der Waals surface area contributed by atoms with Crippen LogP contribution in [0.3, 0.4) is 0 Å². The number of hydrogen-bond donors (Lipinski definition) is 0. The Hall–Kier alpha value is -2.43. The molecular formula is C20H24N4O. The van der Waals surface area contributed by atoms with Gasteiger partial charge in [-0.1, -0.05) is 13.8 Å². The van der Waals surface area contributed by atoms with Crippen molar-refractivity contribution < 1.29 is 4.74 Å². The van der Waals surface area contributed by atoms with Crippen LogP contribution in [0.2, 0.25) is 0 Å². The SMILES string of the molecule is COc1nccc2c1C(c1ccnc(N3CC(C)CC(C)C3)c1)=NC2. The van der Waals surface area contributed by atoms with E-state index in [2.05, 4.69) is 34.8 Å². The van der Waals surface area contributed by atoms with Crippen molar-refractivity contribution >= 4 is 11.5 Å². The Bertz CT molecular complexity index is 807.